The van der Waals surface area contributed by atoms with Gasteiger partial charge in [-0.2, -0.15) is 0 Å². The Hall–Kier alpha value is -1.86. The molecule has 0 unspecified atom stereocenters. The molecule has 6 nitrogen and oxygen atoms in total. The fourth-order valence-electron chi connectivity index (χ4n) is 1.69. The van der Waals surface area contributed by atoms with E-state index in [4.69, 9.17) is 16.1 Å². The number of nitrogens with one attached hydrogen (secondary N) is 1. The number of sulfone groups is 1. The molecule has 0 radical (unpaired) electrons. The number of nitrogens with zero attached hydrogens (tertiary/aromatic N) is 1. The fourth-order valence-corrected chi connectivity index (χ4v) is 2.50. The summed E-state index contributed by atoms with van der Waals surface area (Å²) >= 11 is 5.98. The molecule has 1 aromatic carbocycles. The summed E-state index contributed by atoms with van der Waals surface area (Å²) in [4.78, 5) is 12.2. The molecule has 0 saturated carbocycles. The second kappa shape index (κ2) is 6.10. The molecule has 0 aliphatic rings. The van der Waals surface area contributed by atoms with Crippen LogP contribution in [0.5, 0.6) is 0 Å². The van der Waals surface area contributed by atoms with Crippen LogP contribution in [0, 0.1) is 0 Å². The number of hydrogen-bond donors (Lipinski definition) is 1. The zero-order chi connectivity index (χ0) is 16.5. The number of anilines is 1. The van der Waals surface area contributed by atoms with Gasteiger partial charge in [-0.1, -0.05) is 30.6 Å². The maximum atomic E-state index is 12.1. The molecule has 8 heteroatoms. The van der Waals surface area contributed by atoms with Gasteiger partial charge < -0.3 is 9.84 Å². The highest BCUT2D eigenvalue weighted by molar-refractivity contribution is 7.90. The number of halogens is 1. The zero-order valence-corrected chi connectivity index (χ0v) is 13.8. The van der Waals surface area contributed by atoms with E-state index in [1.54, 1.807) is 0 Å². The minimum absolute atomic E-state index is 0.0650. The summed E-state index contributed by atoms with van der Waals surface area (Å²) < 4.78 is 28.1. The van der Waals surface area contributed by atoms with Crippen LogP contribution in [0.15, 0.2) is 33.7 Å². The van der Waals surface area contributed by atoms with E-state index in [9.17, 15) is 13.2 Å². The first-order valence-corrected chi connectivity index (χ1v) is 8.73. The highest BCUT2D eigenvalue weighted by Crippen LogP contribution is 2.26. The molecular formula is C14H15ClN2O4S. The predicted octanol–water partition coefficient (Wildman–Crippen LogP) is 3.11. The number of amides is 1. The predicted molar refractivity (Wildman–Crippen MR) is 83.1 cm³/mol. The van der Waals surface area contributed by atoms with Gasteiger partial charge in [-0.15, -0.1) is 0 Å². The van der Waals surface area contributed by atoms with Gasteiger partial charge in [0.1, 0.15) is 5.76 Å². The minimum atomic E-state index is -3.39. The lowest BCUT2D eigenvalue weighted by molar-refractivity contribution is 0.101. The first kappa shape index (κ1) is 16.5. The molecule has 1 N–H and O–H groups in total. The highest BCUT2D eigenvalue weighted by Gasteiger charge is 2.17. The molecule has 1 aromatic heterocycles. The Bertz CT molecular complexity index is 812. The summed E-state index contributed by atoms with van der Waals surface area (Å²) in [5.41, 5.74) is 0.299. The van der Waals surface area contributed by atoms with Crippen LogP contribution in [0.2, 0.25) is 5.02 Å². The van der Waals surface area contributed by atoms with Gasteiger partial charge in [-0.3, -0.25) is 4.79 Å². The third-order valence-corrected chi connectivity index (χ3v) is 4.38. The number of carbonyl (C=O) groups is 1. The highest BCUT2D eigenvalue weighted by atomic mass is 35.5. The first-order chi connectivity index (χ1) is 10.2. The van der Waals surface area contributed by atoms with Crippen molar-refractivity contribution in [1.29, 1.82) is 0 Å². The molecule has 118 valence electrons. The van der Waals surface area contributed by atoms with Gasteiger partial charge in [0.2, 0.25) is 0 Å². The Balaban J connectivity index is 2.27. The lowest BCUT2D eigenvalue weighted by Gasteiger charge is -2.07. The van der Waals surface area contributed by atoms with E-state index >= 15 is 0 Å². The summed E-state index contributed by atoms with van der Waals surface area (Å²) in [5, 5.41) is 6.45. The van der Waals surface area contributed by atoms with Gasteiger partial charge >= 0.3 is 0 Å². The van der Waals surface area contributed by atoms with Crippen LogP contribution in [0.4, 0.5) is 5.69 Å². The van der Waals surface area contributed by atoms with Crippen molar-refractivity contribution >= 4 is 33.0 Å². The lowest BCUT2D eigenvalue weighted by Crippen LogP contribution is -2.13. The van der Waals surface area contributed by atoms with Gasteiger partial charge in [0.15, 0.2) is 15.5 Å². The average molecular weight is 343 g/mol. The van der Waals surface area contributed by atoms with Crippen LogP contribution in [0.25, 0.3) is 0 Å². The van der Waals surface area contributed by atoms with Gasteiger partial charge in [-0.05, 0) is 18.2 Å². The molecule has 0 aliphatic carbocycles. The van der Waals surface area contributed by atoms with Crippen molar-refractivity contribution in [2.45, 2.75) is 24.7 Å². The van der Waals surface area contributed by atoms with E-state index < -0.39 is 15.7 Å². The average Bonchev–Trinajstić information content (AvgIpc) is 2.89. The van der Waals surface area contributed by atoms with E-state index in [1.807, 2.05) is 13.8 Å². The van der Waals surface area contributed by atoms with Crippen molar-refractivity contribution < 1.29 is 17.7 Å². The largest absolute Gasteiger partial charge is 0.360 e. The van der Waals surface area contributed by atoms with Crippen molar-refractivity contribution in [3.63, 3.8) is 0 Å². The van der Waals surface area contributed by atoms with Crippen molar-refractivity contribution in [3.05, 3.63) is 40.7 Å². The molecule has 0 saturated heterocycles. The molecule has 2 aromatic rings. The van der Waals surface area contributed by atoms with E-state index in [0.717, 1.165) is 6.26 Å². The summed E-state index contributed by atoms with van der Waals surface area (Å²) in [7, 11) is -3.39. The molecule has 0 spiro atoms. The van der Waals surface area contributed by atoms with Crippen molar-refractivity contribution in [2.75, 3.05) is 11.6 Å². The monoisotopic (exact) mass is 342 g/mol. The van der Waals surface area contributed by atoms with Gasteiger partial charge in [0.05, 0.1) is 15.6 Å². The summed E-state index contributed by atoms with van der Waals surface area (Å²) in [5.74, 6) is 0.163. The Morgan fingerprint density at radius 1 is 1.32 bits per heavy atom. The summed E-state index contributed by atoms with van der Waals surface area (Å²) in [6.07, 6.45) is 1.08. The van der Waals surface area contributed by atoms with Gasteiger partial charge in [-0.25, -0.2) is 8.42 Å². The van der Waals surface area contributed by atoms with E-state index in [1.165, 1.54) is 24.3 Å². The topological polar surface area (TPSA) is 89.3 Å². The van der Waals surface area contributed by atoms with Crippen LogP contribution >= 0.6 is 11.6 Å². The number of carbonyl (C=O) groups excluding carboxylic acids is 1. The molecule has 0 bridgehead atoms. The Labute approximate surface area is 133 Å². The van der Waals surface area contributed by atoms with Crippen LogP contribution in [-0.2, 0) is 9.84 Å². The third-order valence-electron chi connectivity index (χ3n) is 2.94. The Kier molecular flexibility index (Phi) is 4.58. The molecule has 1 heterocycles. The third kappa shape index (κ3) is 3.66. The fraction of sp³-hybridized carbons (Fsp3) is 0.286. The Morgan fingerprint density at radius 3 is 2.55 bits per heavy atom. The molecule has 0 fully saturated rings. The molecule has 1 amide bonds. The number of benzene rings is 1. The van der Waals surface area contributed by atoms with Crippen LogP contribution in [0.3, 0.4) is 0 Å². The minimum Gasteiger partial charge on any atom is -0.360 e. The van der Waals surface area contributed by atoms with E-state index in [2.05, 4.69) is 10.5 Å². The standard InChI is InChI=1S/C14H15ClN2O4S/c1-8(2)13-7-12(17-21-13)14(18)16-11-6-9(22(3,19)20)4-5-10(11)15/h4-8H,1-3H3,(H,16,18). The number of rotatable bonds is 4. The van der Waals surface area contributed by atoms with E-state index in [0.29, 0.717) is 5.76 Å². The van der Waals surface area contributed by atoms with Crippen LogP contribution in [-0.4, -0.2) is 25.7 Å². The van der Waals surface area contributed by atoms with E-state index in [-0.39, 0.29) is 27.2 Å². The molecule has 2 rings (SSSR count). The number of aromatic nitrogens is 1. The maximum absolute atomic E-state index is 12.1. The van der Waals surface area contributed by atoms with Crippen molar-refractivity contribution in [3.8, 4) is 0 Å². The maximum Gasteiger partial charge on any atom is 0.277 e. The van der Waals surface area contributed by atoms with Crippen molar-refractivity contribution in [2.24, 2.45) is 0 Å². The van der Waals surface area contributed by atoms with Crippen molar-refractivity contribution in [1.82, 2.24) is 5.16 Å². The smallest absolute Gasteiger partial charge is 0.277 e. The van der Waals surface area contributed by atoms with Gasteiger partial charge in [0, 0.05) is 18.2 Å². The van der Waals surface area contributed by atoms with Gasteiger partial charge in [0.25, 0.3) is 5.91 Å². The summed E-state index contributed by atoms with van der Waals surface area (Å²) in [6, 6.07) is 5.63. The first-order valence-electron chi connectivity index (χ1n) is 6.46. The van der Waals surface area contributed by atoms with Crippen LogP contribution < -0.4 is 5.32 Å². The molecule has 0 aliphatic heterocycles. The molecular weight excluding hydrogens is 328 g/mol. The molecule has 0 atom stereocenters. The quantitative estimate of drug-likeness (QED) is 0.922. The second-order valence-electron chi connectivity index (χ2n) is 5.14. The molecule has 22 heavy (non-hydrogen) atoms. The lowest BCUT2D eigenvalue weighted by atomic mass is 10.1. The summed E-state index contributed by atoms with van der Waals surface area (Å²) in [6.45, 7) is 3.82. The van der Waals surface area contributed by atoms with Crippen LogP contribution in [0.1, 0.15) is 36.0 Å². The zero-order valence-electron chi connectivity index (χ0n) is 12.3. The number of hydrogen-bond acceptors (Lipinski definition) is 5. The normalized spacial score (nSPS) is 11.7. The second-order valence-corrected chi connectivity index (χ2v) is 7.56. The Morgan fingerprint density at radius 2 is 2.00 bits per heavy atom. The SMILES string of the molecule is CC(C)c1cc(C(=O)Nc2cc(S(C)(=O)=O)ccc2Cl)no1.